The summed E-state index contributed by atoms with van der Waals surface area (Å²) in [5.74, 6) is 1.30. The van der Waals surface area contributed by atoms with Gasteiger partial charge >= 0.3 is 5.97 Å². The second-order valence-electron chi connectivity index (χ2n) is 6.99. The van der Waals surface area contributed by atoms with E-state index in [-0.39, 0.29) is 5.97 Å². The molecule has 0 atom stereocenters. The molecular formula is C21H23N3O3. The number of fused-ring (bicyclic) bond motifs is 1. The van der Waals surface area contributed by atoms with E-state index in [1.165, 1.54) is 0 Å². The highest BCUT2D eigenvalue weighted by Gasteiger charge is 2.29. The lowest BCUT2D eigenvalue weighted by Gasteiger charge is -2.09. The number of hydrogen-bond acceptors (Lipinski definition) is 5. The molecule has 1 aliphatic rings. The number of rotatable bonds is 6. The Hall–Kier alpha value is -2.89. The van der Waals surface area contributed by atoms with Crippen molar-refractivity contribution in [2.45, 2.75) is 39.0 Å². The van der Waals surface area contributed by atoms with Crippen molar-refractivity contribution >= 4 is 17.0 Å². The molecule has 3 aromatic rings. The molecule has 1 aliphatic carbocycles. The van der Waals surface area contributed by atoms with Gasteiger partial charge in [-0.05, 0) is 56.5 Å². The van der Waals surface area contributed by atoms with Gasteiger partial charge in [-0.2, -0.15) is 5.10 Å². The van der Waals surface area contributed by atoms with Gasteiger partial charge < -0.3 is 9.47 Å². The number of carbonyl (C=O) groups excluding carboxylic acids is 1. The molecule has 0 aliphatic heterocycles. The molecule has 2 heterocycles. The summed E-state index contributed by atoms with van der Waals surface area (Å²) in [7, 11) is 1.85. The first-order valence-corrected chi connectivity index (χ1v) is 9.36. The fraction of sp³-hybridized carbons (Fsp3) is 0.381. The van der Waals surface area contributed by atoms with Crippen LogP contribution in [0.3, 0.4) is 0 Å². The van der Waals surface area contributed by atoms with E-state index in [1.54, 1.807) is 16.8 Å². The van der Waals surface area contributed by atoms with Crippen LogP contribution in [-0.2, 0) is 7.05 Å². The van der Waals surface area contributed by atoms with Gasteiger partial charge in [-0.1, -0.05) is 6.92 Å². The van der Waals surface area contributed by atoms with Crippen LogP contribution in [0.4, 0.5) is 0 Å². The van der Waals surface area contributed by atoms with Crippen molar-refractivity contribution in [1.29, 1.82) is 0 Å². The molecule has 27 heavy (non-hydrogen) atoms. The maximum atomic E-state index is 12.9. The van der Waals surface area contributed by atoms with Gasteiger partial charge in [0, 0.05) is 18.7 Å². The van der Waals surface area contributed by atoms with E-state index >= 15 is 0 Å². The fourth-order valence-electron chi connectivity index (χ4n) is 3.20. The number of ether oxygens (including phenoxy) is 2. The zero-order valence-corrected chi connectivity index (χ0v) is 15.9. The third-order valence-electron chi connectivity index (χ3n) is 4.71. The molecule has 0 radical (unpaired) electrons. The van der Waals surface area contributed by atoms with Gasteiger partial charge in [0.2, 0.25) is 0 Å². The number of aryl methyl sites for hydroxylation is 2. The summed E-state index contributed by atoms with van der Waals surface area (Å²) in [5.41, 5.74) is 2.98. The lowest BCUT2D eigenvalue weighted by Crippen LogP contribution is -2.11. The molecule has 0 N–H and O–H groups in total. The zero-order chi connectivity index (χ0) is 19.0. The van der Waals surface area contributed by atoms with E-state index in [2.05, 4.69) is 12.0 Å². The van der Waals surface area contributed by atoms with Crippen molar-refractivity contribution in [2.24, 2.45) is 7.05 Å². The molecule has 0 amide bonds. The molecule has 140 valence electrons. The van der Waals surface area contributed by atoms with Crippen molar-refractivity contribution in [1.82, 2.24) is 14.8 Å². The highest BCUT2D eigenvalue weighted by atomic mass is 16.5. The predicted molar refractivity (Wildman–Crippen MR) is 102 cm³/mol. The summed E-state index contributed by atoms with van der Waals surface area (Å²) >= 11 is 0. The number of hydrogen-bond donors (Lipinski definition) is 0. The van der Waals surface area contributed by atoms with Gasteiger partial charge in [0.1, 0.15) is 11.5 Å². The summed E-state index contributed by atoms with van der Waals surface area (Å²) in [6.45, 7) is 4.61. The summed E-state index contributed by atoms with van der Waals surface area (Å²) in [6, 6.07) is 8.99. The number of pyridine rings is 1. The number of esters is 1. The molecule has 1 saturated carbocycles. The van der Waals surface area contributed by atoms with Crippen LogP contribution in [0.1, 0.15) is 53.8 Å². The van der Waals surface area contributed by atoms with E-state index in [1.807, 2.05) is 32.2 Å². The van der Waals surface area contributed by atoms with Crippen LogP contribution >= 0.6 is 0 Å². The molecule has 6 nitrogen and oxygen atoms in total. The normalized spacial score (nSPS) is 13.7. The maximum absolute atomic E-state index is 12.9. The van der Waals surface area contributed by atoms with Crippen LogP contribution in [-0.4, -0.2) is 27.3 Å². The SMILES string of the molecule is CCCOc1ccc(OC(=O)c2cc(C3CC3)nc3c2c(C)nn3C)cc1. The van der Waals surface area contributed by atoms with Crippen molar-refractivity contribution in [3.8, 4) is 11.5 Å². The van der Waals surface area contributed by atoms with Crippen LogP contribution in [0.5, 0.6) is 11.5 Å². The molecule has 2 aromatic heterocycles. The molecule has 0 spiro atoms. The second kappa shape index (κ2) is 7.02. The largest absolute Gasteiger partial charge is 0.494 e. The summed E-state index contributed by atoms with van der Waals surface area (Å²) in [6.07, 6.45) is 3.18. The van der Waals surface area contributed by atoms with Crippen molar-refractivity contribution in [3.05, 3.63) is 47.3 Å². The fourth-order valence-corrected chi connectivity index (χ4v) is 3.20. The average Bonchev–Trinajstić information content (AvgIpc) is 3.47. The number of benzene rings is 1. The minimum absolute atomic E-state index is 0.386. The minimum Gasteiger partial charge on any atom is -0.494 e. The lowest BCUT2D eigenvalue weighted by molar-refractivity contribution is 0.0736. The molecule has 1 aromatic carbocycles. The third kappa shape index (κ3) is 3.52. The van der Waals surface area contributed by atoms with Crippen LogP contribution in [0.2, 0.25) is 0 Å². The second-order valence-corrected chi connectivity index (χ2v) is 6.99. The van der Waals surface area contributed by atoms with Gasteiger partial charge in [-0.25, -0.2) is 9.78 Å². The Morgan fingerprint density at radius 1 is 1.22 bits per heavy atom. The first kappa shape index (κ1) is 17.5. The molecule has 0 unspecified atom stereocenters. The van der Waals surface area contributed by atoms with Gasteiger partial charge in [-0.15, -0.1) is 0 Å². The minimum atomic E-state index is -0.386. The zero-order valence-electron chi connectivity index (χ0n) is 15.9. The molecule has 4 rings (SSSR count). The Morgan fingerprint density at radius 3 is 2.59 bits per heavy atom. The van der Waals surface area contributed by atoms with Crippen LogP contribution < -0.4 is 9.47 Å². The van der Waals surface area contributed by atoms with Gasteiger partial charge in [0.25, 0.3) is 0 Å². The molecule has 0 saturated heterocycles. The maximum Gasteiger partial charge on any atom is 0.344 e. The third-order valence-corrected chi connectivity index (χ3v) is 4.71. The number of carbonyl (C=O) groups is 1. The van der Waals surface area contributed by atoms with E-state index in [0.29, 0.717) is 23.8 Å². The quantitative estimate of drug-likeness (QED) is 0.485. The van der Waals surface area contributed by atoms with E-state index in [4.69, 9.17) is 14.5 Å². The Bertz CT molecular complexity index is 988. The van der Waals surface area contributed by atoms with Crippen LogP contribution in [0.15, 0.2) is 30.3 Å². The number of aromatic nitrogens is 3. The van der Waals surface area contributed by atoms with Crippen LogP contribution in [0, 0.1) is 6.92 Å². The van der Waals surface area contributed by atoms with Crippen molar-refractivity contribution in [2.75, 3.05) is 6.61 Å². The number of nitrogens with zero attached hydrogens (tertiary/aromatic N) is 3. The lowest BCUT2D eigenvalue weighted by atomic mass is 10.1. The Labute approximate surface area is 158 Å². The van der Waals surface area contributed by atoms with E-state index in [0.717, 1.165) is 47.4 Å². The van der Waals surface area contributed by atoms with Crippen molar-refractivity contribution < 1.29 is 14.3 Å². The predicted octanol–water partition coefficient (Wildman–Crippen LogP) is 4.16. The van der Waals surface area contributed by atoms with Gasteiger partial charge in [-0.3, -0.25) is 4.68 Å². The van der Waals surface area contributed by atoms with E-state index in [9.17, 15) is 4.79 Å². The highest BCUT2D eigenvalue weighted by Crippen LogP contribution is 2.40. The Morgan fingerprint density at radius 2 is 1.93 bits per heavy atom. The monoisotopic (exact) mass is 365 g/mol. The van der Waals surface area contributed by atoms with Crippen molar-refractivity contribution in [3.63, 3.8) is 0 Å². The Kier molecular flexibility index (Phi) is 4.56. The topological polar surface area (TPSA) is 66.2 Å². The summed E-state index contributed by atoms with van der Waals surface area (Å²) < 4.78 is 12.9. The standard InChI is InChI=1S/C21H23N3O3/c1-4-11-26-15-7-9-16(10-8-15)27-21(25)17-12-18(14-5-6-14)22-20-19(17)13(2)23-24(20)3/h7-10,12,14H,4-6,11H2,1-3H3. The smallest absolute Gasteiger partial charge is 0.344 e. The van der Waals surface area contributed by atoms with Gasteiger partial charge in [0.15, 0.2) is 5.65 Å². The highest BCUT2D eigenvalue weighted by molar-refractivity contribution is 6.04. The average molecular weight is 365 g/mol. The van der Waals surface area contributed by atoms with Gasteiger partial charge in [0.05, 0.1) is 23.3 Å². The Balaban J connectivity index is 1.64. The summed E-state index contributed by atoms with van der Waals surface area (Å²) in [5, 5.41) is 5.19. The van der Waals surface area contributed by atoms with Crippen LogP contribution in [0.25, 0.3) is 11.0 Å². The molecule has 1 fully saturated rings. The molecular weight excluding hydrogens is 342 g/mol. The van der Waals surface area contributed by atoms with E-state index < -0.39 is 0 Å². The molecule has 6 heteroatoms. The first-order valence-electron chi connectivity index (χ1n) is 9.36. The summed E-state index contributed by atoms with van der Waals surface area (Å²) in [4.78, 5) is 17.6. The first-order chi connectivity index (χ1) is 13.1. The molecule has 0 bridgehead atoms.